The number of benzene rings is 1. The first-order valence-electron chi connectivity index (χ1n) is 6.85. The summed E-state index contributed by atoms with van der Waals surface area (Å²) in [6.07, 6.45) is 0.355. The molecule has 3 N–H and O–H groups in total. The second kappa shape index (κ2) is 7.61. The van der Waals surface area contributed by atoms with Crippen LogP contribution in [0.3, 0.4) is 0 Å². The van der Waals surface area contributed by atoms with Gasteiger partial charge in [0.1, 0.15) is 11.9 Å². The number of aliphatic carboxylic acids is 1. The van der Waals surface area contributed by atoms with Gasteiger partial charge in [0.15, 0.2) is 0 Å². The number of halogens is 1. The molecule has 116 valence electrons. The molecule has 0 fully saturated rings. The fraction of sp³-hybridized carbons (Fsp3) is 0.467. The number of carboxylic acids is 1. The molecule has 2 amide bonds. The summed E-state index contributed by atoms with van der Waals surface area (Å²) >= 11 is 0. The number of nitrogens with one attached hydrogen (secondary N) is 2. The van der Waals surface area contributed by atoms with Crippen LogP contribution in [0.1, 0.15) is 38.8 Å². The molecule has 0 radical (unpaired) electrons. The molecule has 21 heavy (non-hydrogen) atoms. The lowest BCUT2D eigenvalue weighted by molar-refractivity contribution is -0.139. The topological polar surface area (TPSA) is 78.4 Å². The smallest absolute Gasteiger partial charge is 0.326 e. The van der Waals surface area contributed by atoms with E-state index in [9.17, 15) is 14.0 Å². The molecule has 1 unspecified atom stereocenters. The summed E-state index contributed by atoms with van der Waals surface area (Å²) < 4.78 is 12.8. The Hall–Kier alpha value is -2.11. The summed E-state index contributed by atoms with van der Waals surface area (Å²) in [6.45, 7) is 5.51. The van der Waals surface area contributed by atoms with E-state index in [0.29, 0.717) is 6.42 Å². The summed E-state index contributed by atoms with van der Waals surface area (Å²) in [5, 5.41) is 14.1. The lowest BCUT2D eigenvalue weighted by Crippen LogP contribution is -2.47. The van der Waals surface area contributed by atoms with E-state index in [2.05, 4.69) is 10.6 Å². The van der Waals surface area contributed by atoms with Crippen molar-refractivity contribution in [2.45, 2.75) is 39.3 Å². The summed E-state index contributed by atoms with van der Waals surface area (Å²) in [4.78, 5) is 22.9. The van der Waals surface area contributed by atoms with Gasteiger partial charge in [-0.3, -0.25) is 0 Å². The molecular formula is C15H21FN2O3. The lowest BCUT2D eigenvalue weighted by atomic mass is 10.0. The average molecular weight is 296 g/mol. The molecule has 0 aliphatic rings. The van der Waals surface area contributed by atoms with Gasteiger partial charge in [0.2, 0.25) is 0 Å². The third kappa shape index (κ3) is 5.81. The summed E-state index contributed by atoms with van der Waals surface area (Å²) in [5.74, 6) is -1.26. The molecule has 0 bridgehead atoms. The van der Waals surface area contributed by atoms with E-state index in [0.717, 1.165) is 5.56 Å². The Labute approximate surface area is 123 Å². The highest BCUT2D eigenvalue weighted by Gasteiger charge is 2.21. The van der Waals surface area contributed by atoms with Crippen molar-refractivity contribution in [2.75, 3.05) is 0 Å². The zero-order chi connectivity index (χ0) is 16.0. The molecule has 0 spiro atoms. The molecule has 0 aliphatic carbocycles. The highest BCUT2D eigenvalue weighted by Crippen LogP contribution is 2.12. The van der Waals surface area contributed by atoms with Crippen LogP contribution in [0.4, 0.5) is 9.18 Å². The van der Waals surface area contributed by atoms with Crippen molar-refractivity contribution in [3.63, 3.8) is 0 Å². The van der Waals surface area contributed by atoms with Gasteiger partial charge in [-0.2, -0.15) is 0 Å². The third-order valence-electron chi connectivity index (χ3n) is 3.03. The minimum atomic E-state index is -1.06. The lowest BCUT2D eigenvalue weighted by Gasteiger charge is -2.19. The van der Waals surface area contributed by atoms with Crippen molar-refractivity contribution in [1.82, 2.24) is 10.6 Å². The second-order valence-electron chi connectivity index (χ2n) is 5.41. The van der Waals surface area contributed by atoms with Gasteiger partial charge in [0.25, 0.3) is 0 Å². The first kappa shape index (κ1) is 16.9. The van der Waals surface area contributed by atoms with Gasteiger partial charge in [0.05, 0.1) is 6.04 Å². The van der Waals surface area contributed by atoms with Gasteiger partial charge in [0, 0.05) is 0 Å². The highest BCUT2D eigenvalue weighted by atomic mass is 19.1. The van der Waals surface area contributed by atoms with E-state index >= 15 is 0 Å². The van der Waals surface area contributed by atoms with Crippen LogP contribution >= 0.6 is 0 Å². The van der Waals surface area contributed by atoms with Crippen molar-refractivity contribution >= 4 is 12.0 Å². The highest BCUT2D eigenvalue weighted by molar-refractivity contribution is 5.82. The summed E-state index contributed by atoms with van der Waals surface area (Å²) in [6, 6.07) is 3.94. The predicted octanol–water partition coefficient (Wildman–Crippen LogP) is 2.69. The zero-order valence-corrected chi connectivity index (χ0v) is 12.4. The Bertz CT molecular complexity index is 488. The molecule has 0 aromatic heterocycles. The van der Waals surface area contributed by atoms with Gasteiger partial charge < -0.3 is 15.7 Å². The average Bonchev–Trinajstić information content (AvgIpc) is 2.37. The minimum absolute atomic E-state index is 0.154. The predicted molar refractivity (Wildman–Crippen MR) is 77.4 cm³/mol. The number of hydrogen-bond donors (Lipinski definition) is 3. The third-order valence-corrected chi connectivity index (χ3v) is 3.03. The van der Waals surface area contributed by atoms with Crippen LogP contribution < -0.4 is 10.6 Å². The SMILES string of the molecule is CC(C)C[C@H](NC(=O)NC(C)c1ccc(F)cc1)C(=O)O. The van der Waals surface area contributed by atoms with Crippen LogP contribution in [0, 0.1) is 11.7 Å². The van der Waals surface area contributed by atoms with Crippen LogP contribution in [0.15, 0.2) is 24.3 Å². The van der Waals surface area contributed by atoms with Gasteiger partial charge in [-0.05, 0) is 37.0 Å². The van der Waals surface area contributed by atoms with E-state index in [1.54, 1.807) is 19.1 Å². The Kier molecular flexibility index (Phi) is 6.14. The number of amides is 2. The van der Waals surface area contributed by atoms with Crippen molar-refractivity contribution in [3.8, 4) is 0 Å². The van der Waals surface area contributed by atoms with Crippen molar-refractivity contribution in [2.24, 2.45) is 5.92 Å². The van der Waals surface area contributed by atoms with Crippen LogP contribution in [-0.4, -0.2) is 23.1 Å². The molecule has 6 heteroatoms. The number of carbonyl (C=O) groups excluding carboxylic acids is 1. The van der Waals surface area contributed by atoms with Gasteiger partial charge in [-0.1, -0.05) is 26.0 Å². The maximum absolute atomic E-state index is 12.8. The maximum atomic E-state index is 12.8. The molecule has 5 nitrogen and oxygen atoms in total. The first-order chi connectivity index (χ1) is 9.79. The molecular weight excluding hydrogens is 275 g/mol. The quantitative estimate of drug-likeness (QED) is 0.755. The van der Waals surface area contributed by atoms with E-state index in [1.807, 2.05) is 13.8 Å². The standard InChI is InChI=1S/C15H21FN2O3/c1-9(2)8-13(14(19)20)18-15(21)17-10(3)11-4-6-12(16)7-5-11/h4-7,9-10,13H,8H2,1-3H3,(H,19,20)(H2,17,18,21)/t10?,13-/m0/s1. The number of hydrogen-bond acceptors (Lipinski definition) is 2. The van der Waals surface area contributed by atoms with Gasteiger partial charge in [-0.25, -0.2) is 14.0 Å². The van der Waals surface area contributed by atoms with Gasteiger partial charge >= 0.3 is 12.0 Å². The molecule has 2 atom stereocenters. The molecule has 1 rings (SSSR count). The normalized spacial score (nSPS) is 13.6. The Morgan fingerprint density at radius 1 is 1.14 bits per heavy atom. The van der Waals surface area contributed by atoms with Crippen molar-refractivity contribution in [3.05, 3.63) is 35.6 Å². The molecule has 1 aromatic rings. The minimum Gasteiger partial charge on any atom is -0.480 e. The molecule has 1 aromatic carbocycles. The largest absolute Gasteiger partial charge is 0.480 e. The number of rotatable bonds is 6. The summed E-state index contributed by atoms with van der Waals surface area (Å²) in [7, 11) is 0. The Morgan fingerprint density at radius 2 is 1.71 bits per heavy atom. The zero-order valence-electron chi connectivity index (χ0n) is 12.4. The van der Waals surface area contributed by atoms with E-state index in [-0.39, 0.29) is 17.8 Å². The fourth-order valence-corrected chi connectivity index (χ4v) is 1.92. The van der Waals surface area contributed by atoms with Crippen LogP contribution in [0.25, 0.3) is 0 Å². The Morgan fingerprint density at radius 3 is 2.19 bits per heavy atom. The monoisotopic (exact) mass is 296 g/mol. The number of carbonyl (C=O) groups is 2. The molecule has 0 saturated carbocycles. The molecule has 0 aliphatic heterocycles. The first-order valence-corrected chi connectivity index (χ1v) is 6.85. The van der Waals surface area contributed by atoms with Crippen LogP contribution in [0.2, 0.25) is 0 Å². The Balaban J connectivity index is 2.59. The number of carboxylic acid groups (broad SMARTS) is 1. The van der Waals surface area contributed by atoms with Crippen LogP contribution in [0.5, 0.6) is 0 Å². The number of urea groups is 1. The van der Waals surface area contributed by atoms with Gasteiger partial charge in [-0.15, -0.1) is 0 Å². The van der Waals surface area contributed by atoms with E-state index < -0.39 is 18.0 Å². The fourth-order valence-electron chi connectivity index (χ4n) is 1.92. The maximum Gasteiger partial charge on any atom is 0.326 e. The second-order valence-corrected chi connectivity index (χ2v) is 5.41. The van der Waals surface area contributed by atoms with Crippen molar-refractivity contribution < 1.29 is 19.1 Å². The van der Waals surface area contributed by atoms with Crippen molar-refractivity contribution in [1.29, 1.82) is 0 Å². The molecule has 0 heterocycles. The van der Waals surface area contributed by atoms with E-state index in [4.69, 9.17) is 5.11 Å². The summed E-state index contributed by atoms with van der Waals surface area (Å²) in [5.41, 5.74) is 0.738. The van der Waals surface area contributed by atoms with E-state index in [1.165, 1.54) is 12.1 Å². The van der Waals surface area contributed by atoms with Crippen LogP contribution in [-0.2, 0) is 4.79 Å². The molecule has 0 saturated heterocycles.